The van der Waals surface area contributed by atoms with Gasteiger partial charge in [0.2, 0.25) is 5.78 Å². The van der Waals surface area contributed by atoms with E-state index in [0.29, 0.717) is 6.54 Å². The Morgan fingerprint density at radius 3 is 2.60 bits per heavy atom. The number of carbonyl (C=O) groups excluding carboxylic acids is 1. The van der Waals surface area contributed by atoms with Gasteiger partial charge in [-0.3, -0.25) is 9.48 Å². The molecule has 0 saturated heterocycles. The average Bonchev–Trinajstić information content (AvgIpc) is 2.78. The molecule has 7 heteroatoms. The van der Waals surface area contributed by atoms with E-state index in [2.05, 4.69) is 5.10 Å². The van der Waals surface area contributed by atoms with Crippen molar-refractivity contribution in [3.8, 4) is 0 Å². The lowest BCUT2D eigenvalue weighted by atomic mass is 10.0. The van der Waals surface area contributed by atoms with Crippen LogP contribution in [0.25, 0.3) is 0 Å². The third kappa shape index (κ3) is 2.56. The molecular formula is C13H10ClF3N2O. The van der Waals surface area contributed by atoms with Crippen LogP contribution >= 0.6 is 11.6 Å². The predicted octanol–water partition coefficient (Wildman–Crippen LogP) is 3.81. The Balaban J connectivity index is 2.58. The third-order valence-electron chi connectivity index (χ3n) is 2.79. The summed E-state index contributed by atoms with van der Waals surface area (Å²) in [5.41, 5.74) is -1.45. The van der Waals surface area contributed by atoms with Gasteiger partial charge in [-0.2, -0.15) is 18.3 Å². The summed E-state index contributed by atoms with van der Waals surface area (Å²) in [5.74, 6) is -0.790. The van der Waals surface area contributed by atoms with Gasteiger partial charge in [-0.05, 0) is 13.0 Å². The molecule has 0 fully saturated rings. The van der Waals surface area contributed by atoms with Crippen LogP contribution in [0, 0.1) is 0 Å². The fourth-order valence-electron chi connectivity index (χ4n) is 1.88. The van der Waals surface area contributed by atoms with Crippen molar-refractivity contribution in [2.24, 2.45) is 0 Å². The van der Waals surface area contributed by atoms with Crippen molar-refractivity contribution in [2.75, 3.05) is 0 Å². The molecular weight excluding hydrogens is 293 g/mol. The highest BCUT2D eigenvalue weighted by Crippen LogP contribution is 2.33. The number of aryl methyl sites for hydroxylation is 1. The molecule has 2 rings (SSSR count). The fourth-order valence-corrected chi connectivity index (χ4v) is 2.11. The van der Waals surface area contributed by atoms with Crippen LogP contribution in [-0.2, 0) is 12.7 Å². The van der Waals surface area contributed by atoms with Gasteiger partial charge in [0.25, 0.3) is 0 Å². The molecule has 1 heterocycles. The second-order valence-corrected chi connectivity index (χ2v) is 4.44. The molecule has 0 bridgehead atoms. The molecule has 2 aromatic rings. The number of hydrogen-bond acceptors (Lipinski definition) is 2. The van der Waals surface area contributed by atoms with Gasteiger partial charge in [0.1, 0.15) is 5.69 Å². The first kappa shape index (κ1) is 14.6. The molecule has 0 amide bonds. The Kier molecular flexibility index (Phi) is 3.85. The van der Waals surface area contributed by atoms with E-state index in [1.54, 1.807) is 6.92 Å². The molecule has 0 radical (unpaired) electrons. The lowest BCUT2D eigenvalue weighted by molar-refractivity contribution is -0.137. The molecule has 20 heavy (non-hydrogen) atoms. The molecule has 0 aliphatic heterocycles. The Morgan fingerprint density at radius 2 is 2.00 bits per heavy atom. The summed E-state index contributed by atoms with van der Waals surface area (Å²) in [6, 6.07) is 4.61. The zero-order valence-electron chi connectivity index (χ0n) is 10.4. The molecule has 0 aliphatic carbocycles. The number of nitrogens with zero attached hydrogens (tertiary/aromatic N) is 2. The largest absolute Gasteiger partial charge is 0.417 e. The molecule has 0 spiro atoms. The average molecular weight is 303 g/mol. The van der Waals surface area contributed by atoms with Gasteiger partial charge in [0.05, 0.1) is 16.8 Å². The highest BCUT2D eigenvalue weighted by Gasteiger charge is 2.36. The summed E-state index contributed by atoms with van der Waals surface area (Å²) in [5, 5.41) is 3.89. The summed E-state index contributed by atoms with van der Waals surface area (Å²) >= 11 is 5.85. The van der Waals surface area contributed by atoms with Crippen LogP contribution in [0.1, 0.15) is 28.5 Å². The van der Waals surface area contributed by atoms with Gasteiger partial charge < -0.3 is 0 Å². The topological polar surface area (TPSA) is 34.9 Å². The van der Waals surface area contributed by atoms with E-state index in [4.69, 9.17) is 11.6 Å². The van der Waals surface area contributed by atoms with Crippen LogP contribution in [0.2, 0.25) is 5.02 Å². The molecule has 0 unspecified atom stereocenters. The summed E-state index contributed by atoms with van der Waals surface area (Å²) in [6.45, 7) is 2.05. The van der Waals surface area contributed by atoms with Crippen molar-refractivity contribution in [1.82, 2.24) is 9.78 Å². The van der Waals surface area contributed by atoms with Crippen LogP contribution in [0.5, 0.6) is 0 Å². The van der Waals surface area contributed by atoms with Crippen LogP contribution in [0.15, 0.2) is 30.5 Å². The maximum absolute atomic E-state index is 12.9. The first-order valence-electron chi connectivity index (χ1n) is 5.78. The molecule has 1 aromatic heterocycles. The zero-order valence-corrected chi connectivity index (χ0v) is 11.2. The first-order valence-corrected chi connectivity index (χ1v) is 6.16. The minimum absolute atomic E-state index is 0.0360. The monoisotopic (exact) mass is 302 g/mol. The van der Waals surface area contributed by atoms with Crippen LogP contribution < -0.4 is 0 Å². The molecule has 1 aromatic carbocycles. The second kappa shape index (κ2) is 5.28. The number of alkyl halides is 3. The van der Waals surface area contributed by atoms with Crippen LogP contribution in [-0.4, -0.2) is 15.6 Å². The summed E-state index contributed by atoms with van der Waals surface area (Å²) in [4.78, 5) is 12.3. The quantitative estimate of drug-likeness (QED) is 0.808. The van der Waals surface area contributed by atoms with Gasteiger partial charge in [-0.15, -0.1) is 0 Å². The minimum Gasteiger partial charge on any atom is -0.287 e. The van der Waals surface area contributed by atoms with Crippen molar-refractivity contribution < 1.29 is 18.0 Å². The number of aromatic nitrogens is 2. The number of rotatable bonds is 3. The van der Waals surface area contributed by atoms with Crippen molar-refractivity contribution >= 4 is 17.4 Å². The van der Waals surface area contributed by atoms with Crippen molar-refractivity contribution in [3.05, 3.63) is 52.3 Å². The van der Waals surface area contributed by atoms with E-state index >= 15 is 0 Å². The molecule has 0 atom stereocenters. The maximum atomic E-state index is 12.9. The molecule has 0 N–H and O–H groups in total. The number of halogens is 4. The van der Waals surface area contributed by atoms with Crippen LogP contribution in [0.3, 0.4) is 0 Å². The Bertz CT molecular complexity index is 649. The Labute approximate surface area is 118 Å². The first-order chi connectivity index (χ1) is 9.36. The number of carbonyl (C=O) groups is 1. The molecule has 0 aliphatic rings. The van der Waals surface area contributed by atoms with E-state index in [0.717, 1.165) is 12.1 Å². The maximum Gasteiger partial charge on any atom is 0.417 e. The van der Waals surface area contributed by atoms with Gasteiger partial charge in [-0.25, -0.2) is 0 Å². The smallest absolute Gasteiger partial charge is 0.287 e. The van der Waals surface area contributed by atoms with Gasteiger partial charge in [-0.1, -0.05) is 29.8 Å². The Morgan fingerprint density at radius 1 is 1.35 bits per heavy atom. The number of ketones is 1. The van der Waals surface area contributed by atoms with Crippen molar-refractivity contribution in [2.45, 2.75) is 19.6 Å². The lowest BCUT2D eigenvalue weighted by Gasteiger charge is -2.12. The number of hydrogen-bond donors (Lipinski definition) is 0. The summed E-state index contributed by atoms with van der Waals surface area (Å²) < 4.78 is 40.1. The zero-order chi connectivity index (χ0) is 14.9. The molecule has 0 saturated carbocycles. The highest BCUT2D eigenvalue weighted by molar-refractivity contribution is 6.34. The van der Waals surface area contributed by atoms with Gasteiger partial charge in [0.15, 0.2) is 0 Å². The van der Waals surface area contributed by atoms with Crippen molar-refractivity contribution in [1.29, 1.82) is 0 Å². The Hall–Kier alpha value is -1.82. The van der Waals surface area contributed by atoms with Gasteiger partial charge >= 0.3 is 6.18 Å². The van der Waals surface area contributed by atoms with E-state index in [-0.39, 0.29) is 10.7 Å². The predicted molar refractivity (Wildman–Crippen MR) is 67.8 cm³/mol. The standard InChI is InChI=1S/C13H10ClF3N2O/c1-2-19-11(10(14)7-18-19)12(20)8-5-3-4-6-9(8)13(15,16)17/h3-7H,2H2,1H3. The van der Waals surface area contributed by atoms with E-state index in [1.165, 1.54) is 23.0 Å². The van der Waals surface area contributed by atoms with E-state index in [1.807, 2.05) is 0 Å². The third-order valence-corrected chi connectivity index (χ3v) is 3.06. The second-order valence-electron chi connectivity index (χ2n) is 4.03. The molecule has 106 valence electrons. The van der Waals surface area contributed by atoms with Crippen LogP contribution in [0.4, 0.5) is 13.2 Å². The fraction of sp³-hybridized carbons (Fsp3) is 0.231. The summed E-state index contributed by atoms with van der Waals surface area (Å²) in [7, 11) is 0. The lowest BCUT2D eigenvalue weighted by Crippen LogP contribution is -2.17. The number of benzene rings is 1. The van der Waals surface area contributed by atoms with E-state index < -0.39 is 23.1 Å². The SMILES string of the molecule is CCn1ncc(Cl)c1C(=O)c1ccccc1C(F)(F)F. The van der Waals surface area contributed by atoms with Gasteiger partial charge in [0, 0.05) is 12.1 Å². The summed E-state index contributed by atoms with van der Waals surface area (Å²) in [6.07, 6.45) is -3.36. The highest BCUT2D eigenvalue weighted by atomic mass is 35.5. The van der Waals surface area contributed by atoms with Crippen molar-refractivity contribution in [3.63, 3.8) is 0 Å². The minimum atomic E-state index is -4.60. The normalized spacial score (nSPS) is 11.7. The molecule has 3 nitrogen and oxygen atoms in total. The van der Waals surface area contributed by atoms with E-state index in [9.17, 15) is 18.0 Å².